The third-order valence-electron chi connectivity index (χ3n) is 5.69. The van der Waals surface area contributed by atoms with Gasteiger partial charge in [-0.15, -0.1) is 0 Å². The third-order valence-corrected chi connectivity index (χ3v) is 6.02. The van der Waals surface area contributed by atoms with Crippen LogP contribution in [0.1, 0.15) is 5.56 Å². The summed E-state index contributed by atoms with van der Waals surface area (Å²) in [5.74, 6) is 0.871. The molecule has 180 valence electrons. The molecule has 2 aliphatic rings. The number of benzene rings is 2. The maximum absolute atomic E-state index is 13.9. The number of nitrogens with one attached hydrogen (secondary N) is 1. The fraction of sp³-hybridized carbons (Fsp3) is 0.364. The first-order valence-electron chi connectivity index (χ1n) is 10.2. The predicted octanol–water partition coefficient (Wildman–Crippen LogP) is 4.94. The highest BCUT2D eigenvalue weighted by molar-refractivity contribution is 6.33. The van der Waals surface area contributed by atoms with E-state index in [1.807, 2.05) is 0 Å². The van der Waals surface area contributed by atoms with E-state index in [9.17, 15) is 17.6 Å². The van der Waals surface area contributed by atoms with Gasteiger partial charge in [-0.25, -0.2) is 14.4 Å². The molecule has 7 nitrogen and oxygen atoms in total. The summed E-state index contributed by atoms with van der Waals surface area (Å²) in [6.45, 7) is 0.103. The maximum Gasteiger partial charge on any atom is 0.416 e. The second kappa shape index (κ2) is 8.71. The fourth-order valence-electron chi connectivity index (χ4n) is 4.02. The minimum absolute atomic E-state index is 0.0316. The van der Waals surface area contributed by atoms with Gasteiger partial charge in [0, 0.05) is 11.5 Å². The summed E-state index contributed by atoms with van der Waals surface area (Å²) in [5, 5.41) is 3.39. The Bertz CT molecular complexity index is 1230. The van der Waals surface area contributed by atoms with Crippen molar-refractivity contribution in [2.45, 2.75) is 30.7 Å². The molecule has 1 unspecified atom stereocenters. The zero-order valence-corrected chi connectivity index (χ0v) is 18.4. The number of aromatic nitrogens is 2. The van der Waals surface area contributed by atoms with Crippen LogP contribution < -0.4 is 14.8 Å². The molecular weight excluding hydrogens is 482 g/mol. The van der Waals surface area contributed by atoms with Gasteiger partial charge in [0.2, 0.25) is 0 Å². The SMILES string of the molecule is COc1cc2c(Nc3cc(C(F)(F)F)ccc3Cl)ncnc2cc1OC1CO[C@H]2[C@H](F)CO[C@@H]12. The molecule has 2 saturated heterocycles. The summed E-state index contributed by atoms with van der Waals surface area (Å²) in [6.07, 6.45) is -6.24. The van der Waals surface area contributed by atoms with Gasteiger partial charge in [-0.2, -0.15) is 13.2 Å². The number of anilines is 2. The molecule has 5 rings (SSSR count). The topological polar surface area (TPSA) is 74.7 Å². The lowest BCUT2D eigenvalue weighted by Crippen LogP contribution is -2.33. The summed E-state index contributed by atoms with van der Waals surface area (Å²) >= 11 is 6.11. The number of nitrogens with zero attached hydrogens (tertiary/aromatic N) is 2. The van der Waals surface area contributed by atoms with Crippen molar-refractivity contribution < 1.29 is 36.5 Å². The van der Waals surface area contributed by atoms with Gasteiger partial charge in [0.1, 0.15) is 24.4 Å². The summed E-state index contributed by atoms with van der Waals surface area (Å²) < 4.78 is 75.7. The first kappa shape index (κ1) is 22.9. The van der Waals surface area contributed by atoms with E-state index in [4.69, 9.17) is 30.5 Å². The van der Waals surface area contributed by atoms with Crippen molar-refractivity contribution >= 4 is 34.0 Å². The molecule has 3 heterocycles. The molecule has 34 heavy (non-hydrogen) atoms. The number of alkyl halides is 4. The number of halogens is 5. The number of fused-ring (bicyclic) bond motifs is 2. The van der Waals surface area contributed by atoms with Gasteiger partial charge < -0.3 is 24.3 Å². The van der Waals surface area contributed by atoms with Crippen LogP contribution in [0.25, 0.3) is 10.9 Å². The number of rotatable bonds is 5. The number of hydrogen-bond donors (Lipinski definition) is 1. The van der Waals surface area contributed by atoms with Gasteiger partial charge in [-0.1, -0.05) is 11.6 Å². The van der Waals surface area contributed by atoms with E-state index in [-0.39, 0.29) is 29.7 Å². The van der Waals surface area contributed by atoms with E-state index in [0.29, 0.717) is 22.4 Å². The van der Waals surface area contributed by atoms with E-state index in [2.05, 4.69) is 15.3 Å². The lowest BCUT2D eigenvalue weighted by molar-refractivity contribution is -0.137. The molecule has 2 aromatic carbocycles. The lowest BCUT2D eigenvalue weighted by Gasteiger charge is -2.20. The quantitative estimate of drug-likeness (QED) is 0.498. The molecule has 0 aliphatic carbocycles. The Kier molecular flexibility index (Phi) is 5.86. The highest BCUT2D eigenvalue weighted by Gasteiger charge is 2.49. The van der Waals surface area contributed by atoms with E-state index in [1.54, 1.807) is 12.1 Å². The first-order valence-corrected chi connectivity index (χ1v) is 10.6. The largest absolute Gasteiger partial charge is 0.493 e. The van der Waals surface area contributed by atoms with Crippen LogP contribution in [0.5, 0.6) is 11.5 Å². The number of ether oxygens (including phenoxy) is 4. The average Bonchev–Trinajstić information content (AvgIpc) is 3.37. The molecule has 2 fully saturated rings. The minimum Gasteiger partial charge on any atom is -0.493 e. The summed E-state index contributed by atoms with van der Waals surface area (Å²) in [7, 11) is 1.44. The number of methoxy groups -OCH3 is 1. The van der Waals surface area contributed by atoms with E-state index >= 15 is 0 Å². The van der Waals surface area contributed by atoms with Crippen LogP contribution in [-0.2, 0) is 15.7 Å². The van der Waals surface area contributed by atoms with Crippen molar-refractivity contribution in [2.24, 2.45) is 0 Å². The number of hydrogen-bond acceptors (Lipinski definition) is 7. The van der Waals surface area contributed by atoms with Gasteiger partial charge in [-0.3, -0.25) is 0 Å². The first-order chi connectivity index (χ1) is 16.2. The highest BCUT2D eigenvalue weighted by Crippen LogP contribution is 2.39. The van der Waals surface area contributed by atoms with Gasteiger partial charge >= 0.3 is 6.18 Å². The van der Waals surface area contributed by atoms with Gasteiger partial charge in [0.15, 0.2) is 23.8 Å². The Morgan fingerprint density at radius 2 is 1.85 bits per heavy atom. The lowest BCUT2D eigenvalue weighted by atomic mass is 10.1. The molecule has 0 amide bonds. The normalized spacial score (nSPS) is 24.3. The molecule has 0 saturated carbocycles. The zero-order chi connectivity index (χ0) is 24.0. The summed E-state index contributed by atoms with van der Waals surface area (Å²) in [5.41, 5.74) is -0.389. The molecule has 0 radical (unpaired) electrons. The Morgan fingerprint density at radius 3 is 2.62 bits per heavy atom. The molecular formula is C22H18ClF4N3O4. The van der Waals surface area contributed by atoms with E-state index in [1.165, 1.54) is 13.4 Å². The predicted molar refractivity (Wildman–Crippen MR) is 115 cm³/mol. The van der Waals surface area contributed by atoms with E-state index < -0.39 is 36.2 Å². The molecule has 12 heteroatoms. The van der Waals surface area contributed by atoms with Crippen LogP contribution >= 0.6 is 11.6 Å². The molecule has 3 aromatic rings. The third kappa shape index (κ3) is 4.19. The van der Waals surface area contributed by atoms with Crippen LogP contribution in [0.15, 0.2) is 36.7 Å². The average molecular weight is 500 g/mol. The van der Waals surface area contributed by atoms with Crippen molar-refractivity contribution in [3.63, 3.8) is 0 Å². The van der Waals surface area contributed by atoms with Crippen molar-refractivity contribution in [1.29, 1.82) is 0 Å². The molecule has 4 atom stereocenters. The molecule has 2 aliphatic heterocycles. The zero-order valence-electron chi connectivity index (χ0n) is 17.6. The van der Waals surface area contributed by atoms with Gasteiger partial charge in [0.25, 0.3) is 0 Å². The molecule has 0 bridgehead atoms. The van der Waals surface area contributed by atoms with Crippen molar-refractivity contribution in [2.75, 3.05) is 25.6 Å². The van der Waals surface area contributed by atoms with Crippen LogP contribution in [0.4, 0.5) is 29.1 Å². The molecule has 0 spiro atoms. The minimum atomic E-state index is -4.53. The van der Waals surface area contributed by atoms with Crippen LogP contribution in [-0.4, -0.2) is 54.8 Å². The van der Waals surface area contributed by atoms with Crippen molar-refractivity contribution in [1.82, 2.24) is 9.97 Å². The highest BCUT2D eigenvalue weighted by atomic mass is 35.5. The smallest absolute Gasteiger partial charge is 0.416 e. The fourth-order valence-corrected chi connectivity index (χ4v) is 4.19. The molecule has 1 N–H and O–H groups in total. The second-order valence-electron chi connectivity index (χ2n) is 7.83. The van der Waals surface area contributed by atoms with Crippen molar-refractivity contribution in [3.8, 4) is 11.5 Å². The van der Waals surface area contributed by atoms with Crippen LogP contribution in [0, 0.1) is 0 Å². The summed E-state index contributed by atoms with van der Waals surface area (Å²) in [4.78, 5) is 8.38. The Morgan fingerprint density at radius 1 is 1.06 bits per heavy atom. The van der Waals surface area contributed by atoms with Crippen LogP contribution in [0.2, 0.25) is 5.02 Å². The maximum atomic E-state index is 13.9. The van der Waals surface area contributed by atoms with Gasteiger partial charge in [-0.05, 0) is 24.3 Å². The Balaban J connectivity index is 1.47. The van der Waals surface area contributed by atoms with Crippen molar-refractivity contribution in [3.05, 3.63) is 47.2 Å². The summed E-state index contributed by atoms with van der Waals surface area (Å²) in [6, 6.07) is 6.15. The Hall–Kier alpha value is -2.89. The standard InChI is InChI=1S/C22H18ClF4N3O4/c1-31-16-5-11-14(6-17(16)34-18-8-33-19-13(24)7-32-20(18)19)28-9-29-21(11)30-15-4-10(22(25,26)27)2-3-12(15)23/h2-6,9,13,18-20H,7-8H2,1H3,(H,28,29,30)/t13-,18?,19+,20+/m1/s1. The monoisotopic (exact) mass is 499 g/mol. The molecule has 1 aromatic heterocycles. The second-order valence-corrected chi connectivity index (χ2v) is 8.24. The van der Waals surface area contributed by atoms with E-state index in [0.717, 1.165) is 18.2 Å². The Labute approximate surface area is 195 Å². The van der Waals surface area contributed by atoms with Gasteiger partial charge in [0.05, 0.1) is 42.1 Å². The van der Waals surface area contributed by atoms with Crippen LogP contribution in [0.3, 0.4) is 0 Å².